The zero-order valence-corrected chi connectivity index (χ0v) is 15.3. The molecule has 0 spiro atoms. The molecular weight excluding hydrogens is 345 g/mol. The molecule has 5 heteroatoms. The molecule has 0 radical (unpaired) electrons. The van der Waals surface area contributed by atoms with E-state index in [1.807, 2.05) is 6.07 Å². The molecule has 2 aromatic rings. The lowest BCUT2D eigenvalue weighted by Crippen LogP contribution is -2.24. The Morgan fingerprint density at radius 1 is 1.05 bits per heavy atom. The monoisotopic (exact) mass is 361 g/mol. The number of hydrogen-bond donors (Lipinski definition) is 1. The summed E-state index contributed by atoms with van der Waals surface area (Å²) in [6.45, 7) is 7.51. The molecule has 0 saturated heterocycles. The van der Waals surface area contributed by atoms with Crippen molar-refractivity contribution < 1.29 is 0 Å². The molecule has 114 valence electrons. The second kappa shape index (κ2) is 7.34. The third-order valence-corrected chi connectivity index (χ3v) is 5.54. The van der Waals surface area contributed by atoms with E-state index in [-0.39, 0.29) is 0 Å². The molecule has 0 aliphatic rings. The Labute approximate surface area is 145 Å². The van der Waals surface area contributed by atoms with E-state index in [1.165, 1.54) is 4.88 Å². The number of benzene rings is 1. The van der Waals surface area contributed by atoms with Gasteiger partial charge in [0.05, 0.1) is 15.1 Å². The van der Waals surface area contributed by atoms with Gasteiger partial charge in [-0.1, -0.05) is 55.6 Å². The first-order valence-electron chi connectivity index (χ1n) is 6.92. The van der Waals surface area contributed by atoms with Crippen molar-refractivity contribution in [3.63, 3.8) is 0 Å². The van der Waals surface area contributed by atoms with Crippen LogP contribution in [0.3, 0.4) is 0 Å². The molecule has 2 rings (SSSR count). The van der Waals surface area contributed by atoms with Gasteiger partial charge in [-0.05, 0) is 36.7 Å². The molecule has 21 heavy (non-hydrogen) atoms. The van der Waals surface area contributed by atoms with Gasteiger partial charge in [-0.2, -0.15) is 0 Å². The Kier molecular flexibility index (Phi) is 5.98. The fourth-order valence-electron chi connectivity index (χ4n) is 2.26. The summed E-state index contributed by atoms with van der Waals surface area (Å²) in [5.74, 6) is 0.528. The number of hydrogen-bond acceptors (Lipinski definition) is 2. The van der Waals surface area contributed by atoms with Crippen LogP contribution in [0.1, 0.15) is 31.7 Å². The molecule has 1 aromatic heterocycles. The number of nitrogens with one attached hydrogen (secondary N) is 1. The van der Waals surface area contributed by atoms with Crippen LogP contribution in [-0.2, 0) is 0 Å². The zero-order valence-electron chi connectivity index (χ0n) is 12.2. The molecule has 0 aliphatic heterocycles. The Morgan fingerprint density at radius 3 is 2.33 bits per heavy atom. The normalized spacial score (nSPS) is 12.9. The van der Waals surface area contributed by atoms with E-state index in [0.717, 1.165) is 17.0 Å². The van der Waals surface area contributed by atoms with Crippen molar-refractivity contribution in [3.05, 3.63) is 44.2 Å². The predicted octanol–water partition coefficient (Wildman–Crippen LogP) is 6.68. The fraction of sp³-hybridized carbons (Fsp3) is 0.375. The molecule has 1 nitrogen and oxygen atoms in total. The van der Waals surface area contributed by atoms with E-state index in [2.05, 4.69) is 38.2 Å². The van der Waals surface area contributed by atoms with Crippen LogP contribution in [0.2, 0.25) is 15.1 Å². The smallest absolute Gasteiger partial charge is 0.0607 e. The topological polar surface area (TPSA) is 12.0 Å². The Bertz CT molecular complexity index is 622. The highest BCUT2D eigenvalue weighted by atomic mass is 35.5. The number of thiophene rings is 1. The van der Waals surface area contributed by atoms with Crippen LogP contribution in [0, 0.1) is 5.92 Å². The first-order valence-corrected chi connectivity index (χ1v) is 8.87. The average Bonchev–Trinajstić information content (AvgIpc) is 2.89. The first-order chi connectivity index (χ1) is 9.93. The minimum atomic E-state index is 0.357. The van der Waals surface area contributed by atoms with Gasteiger partial charge in [0, 0.05) is 21.4 Å². The Balaban J connectivity index is 2.37. The van der Waals surface area contributed by atoms with E-state index in [9.17, 15) is 0 Å². The fourth-order valence-corrected chi connectivity index (χ4v) is 4.25. The van der Waals surface area contributed by atoms with Crippen molar-refractivity contribution in [1.29, 1.82) is 0 Å². The number of rotatable bonds is 5. The van der Waals surface area contributed by atoms with Crippen LogP contribution >= 0.6 is 46.1 Å². The van der Waals surface area contributed by atoms with Gasteiger partial charge in [0.2, 0.25) is 0 Å². The quantitative estimate of drug-likeness (QED) is 0.585. The SMILES string of the molecule is CCNC(c1ccc(-c2cc(Cl)c(Cl)cc2Cl)s1)C(C)C. The van der Waals surface area contributed by atoms with Gasteiger partial charge in [0.1, 0.15) is 0 Å². The van der Waals surface area contributed by atoms with E-state index in [1.54, 1.807) is 17.4 Å². The molecular formula is C16H18Cl3NS. The summed E-state index contributed by atoms with van der Waals surface area (Å²) in [6, 6.07) is 8.14. The van der Waals surface area contributed by atoms with Crippen molar-refractivity contribution in [2.75, 3.05) is 6.54 Å². The summed E-state index contributed by atoms with van der Waals surface area (Å²) in [7, 11) is 0. The molecule has 1 unspecified atom stereocenters. The molecule has 0 aliphatic carbocycles. The van der Waals surface area contributed by atoms with Crippen LogP contribution in [0.5, 0.6) is 0 Å². The van der Waals surface area contributed by atoms with Gasteiger partial charge in [-0.25, -0.2) is 0 Å². The minimum Gasteiger partial charge on any atom is -0.309 e. The molecule has 1 heterocycles. The maximum atomic E-state index is 6.30. The van der Waals surface area contributed by atoms with Gasteiger partial charge in [0.15, 0.2) is 0 Å². The lowest BCUT2D eigenvalue weighted by atomic mass is 10.0. The van der Waals surface area contributed by atoms with Crippen LogP contribution in [0.25, 0.3) is 10.4 Å². The summed E-state index contributed by atoms with van der Waals surface area (Å²) >= 11 is 20.1. The molecule has 0 amide bonds. The third kappa shape index (κ3) is 3.94. The minimum absolute atomic E-state index is 0.357. The van der Waals surface area contributed by atoms with Crippen molar-refractivity contribution in [1.82, 2.24) is 5.32 Å². The molecule has 1 N–H and O–H groups in total. The maximum Gasteiger partial charge on any atom is 0.0607 e. The summed E-state index contributed by atoms with van der Waals surface area (Å²) in [5.41, 5.74) is 0.932. The van der Waals surface area contributed by atoms with E-state index in [0.29, 0.717) is 27.0 Å². The number of halogens is 3. The maximum absolute atomic E-state index is 6.30. The predicted molar refractivity (Wildman–Crippen MR) is 96.0 cm³/mol. The average molecular weight is 363 g/mol. The highest BCUT2D eigenvalue weighted by Crippen LogP contribution is 2.40. The van der Waals surface area contributed by atoms with Gasteiger partial charge in [-0.3, -0.25) is 0 Å². The van der Waals surface area contributed by atoms with Crippen LogP contribution in [-0.4, -0.2) is 6.54 Å². The van der Waals surface area contributed by atoms with Crippen molar-refractivity contribution in [2.45, 2.75) is 26.8 Å². The standard InChI is InChI=1S/C16H18Cl3NS/c1-4-20-16(9(2)3)15-6-5-14(21-15)10-7-12(18)13(19)8-11(10)17/h5-9,16,20H,4H2,1-3H3. The second-order valence-corrected chi connectivity index (χ2v) is 7.56. The van der Waals surface area contributed by atoms with Gasteiger partial charge >= 0.3 is 0 Å². The molecule has 0 fully saturated rings. The summed E-state index contributed by atoms with van der Waals surface area (Å²) in [4.78, 5) is 2.42. The van der Waals surface area contributed by atoms with Crippen molar-refractivity contribution >= 4 is 46.1 Å². The Morgan fingerprint density at radius 2 is 1.71 bits per heavy atom. The Hall–Kier alpha value is -0.250. The van der Waals surface area contributed by atoms with Gasteiger partial charge in [0.25, 0.3) is 0 Å². The summed E-state index contributed by atoms with van der Waals surface area (Å²) in [6.07, 6.45) is 0. The van der Waals surface area contributed by atoms with Crippen molar-refractivity contribution in [2.24, 2.45) is 5.92 Å². The third-order valence-electron chi connectivity index (χ3n) is 3.30. The summed E-state index contributed by atoms with van der Waals surface area (Å²) in [5, 5.41) is 5.16. The van der Waals surface area contributed by atoms with Gasteiger partial charge in [-0.15, -0.1) is 11.3 Å². The lowest BCUT2D eigenvalue weighted by molar-refractivity contribution is 0.428. The zero-order chi connectivity index (χ0) is 15.6. The first kappa shape index (κ1) is 17.1. The lowest BCUT2D eigenvalue weighted by Gasteiger charge is -2.20. The van der Waals surface area contributed by atoms with Crippen LogP contribution in [0.15, 0.2) is 24.3 Å². The van der Waals surface area contributed by atoms with Crippen molar-refractivity contribution in [3.8, 4) is 10.4 Å². The second-order valence-electron chi connectivity index (χ2n) is 5.23. The molecule has 1 atom stereocenters. The van der Waals surface area contributed by atoms with Crippen LogP contribution in [0.4, 0.5) is 0 Å². The van der Waals surface area contributed by atoms with E-state index >= 15 is 0 Å². The molecule has 1 aromatic carbocycles. The molecule has 0 bridgehead atoms. The summed E-state index contributed by atoms with van der Waals surface area (Å²) < 4.78 is 0. The highest BCUT2D eigenvalue weighted by molar-refractivity contribution is 7.15. The van der Waals surface area contributed by atoms with Gasteiger partial charge < -0.3 is 5.32 Å². The highest BCUT2D eigenvalue weighted by Gasteiger charge is 2.18. The van der Waals surface area contributed by atoms with E-state index < -0.39 is 0 Å². The largest absolute Gasteiger partial charge is 0.309 e. The van der Waals surface area contributed by atoms with Crippen LogP contribution < -0.4 is 5.32 Å². The molecule has 0 saturated carbocycles. The van der Waals surface area contributed by atoms with E-state index in [4.69, 9.17) is 34.8 Å².